The van der Waals surface area contributed by atoms with Crippen molar-refractivity contribution in [3.63, 3.8) is 0 Å². The van der Waals surface area contributed by atoms with Crippen molar-refractivity contribution in [1.82, 2.24) is 9.80 Å². The van der Waals surface area contributed by atoms with Gasteiger partial charge in [-0.3, -0.25) is 14.4 Å². The summed E-state index contributed by atoms with van der Waals surface area (Å²) in [5.74, 6) is 0.135. The van der Waals surface area contributed by atoms with Crippen LogP contribution in [0.1, 0.15) is 17.3 Å². The average Bonchev–Trinajstić information content (AvgIpc) is 2.48. The minimum Gasteiger partial charge on any atom is -0.497 e. The summed E-state index contributed by atoms with van der Waals surface area (Å²) >= 11 is 0. The Morgan fingerprint density at radius 2 is 2.05 bits per heavy atom. The van der Waals surface area contributed by atoms with E-state index in [0.29, 0.717) is 24.4 Å². The van der Waals surface area contributed by atoms with Crippen molar-refractivity contribution in [3.8, 4) is 5.75 Å². The van der Waals surface area contributed by atoms with Crippen LogP contribution < -0.4 is 4.74 Å². The first-order valence-electron chi connectivity index (χ1n) is 6.72. The number of carbonyl (C=O) groups is 3. The fourth-order valence-electron chi connectivity index (χ4n) is 2.26. The number of Topliss-reactive ketones (excluding diaryl/α,β-unsaturated/α-hetero) is 1. The second-order valence-electron chi connectivity index (χ2n) is 4.98. The number of carbonyl (C=O) groups excluding carboxylic acids is 3. The zero-order valence-corrected chi connectivity index (χ0v) is 12.2. The molecule has 6 nitrogen and oxygen atoms in total. The molecule has 0 aliphatic carbocycles. The molecule has 0 saturated carbocycles. The molecule has 21 heavy (non-hydrogen) atoms. The Balaban J connectivity index is 2.05. The molecule has 6 heteroatoms. The molecule has 0 N–H and O–H groups in total. The fourth-order valence-corrected chi connectivity index (χ4v) is 2.26. The maximum absolute atomic E-state index is 12.4. The second kappa shape index (κ2) is 6.39. The molecule has 2 amide bonds. The summed E-state index contributed by atoms with van der Waals surface area (Å²) < 4.78 is 5.09. The monoisotopic (exact) mass is 290 g/mol. The summed E-state index contributed by atoms with van der Waals surface area (Å²) in [6, 6.07) is 6.83. The van der Waals surface area contributed by atoms with Gasteiger partial charge in [0.05, 0.1) is 13.7 Å². The topological polar surface area (TPSA) is 66.9 Å². The highest BCUT2D eigenvalue weighted by molar-refractivity contribution is 5.97. The molecular formula is C15H18N2O4. The maximum Gasteiger partial charge on any atom is 0.254 e. The first-order valence-corrected chi connectivity index (χ1v) is 6.72. The lowest BCUT2D eigenvalue weighted by Gasteiger charge is -2.33. The highest BCUT2D eigenvalue weighted by Crippen LogP contribution is 2.15. The Hall–Kier alpha value is -2.37. The quantitative estimate of drug-likeness (QED) is 0.813. The third-order valence-corrected chi connectivity index (χ3v) is 3.34. The largest absolute Gasteiger partial charge is 0.497 e. The minimum atomic E-state index is -0.204. The summed E-state index contributed by atoms with van der Waals surface area (Å²) in [5, 5.41) is 0. The smallest absolute Gasteiger partial charge is 0.254 e. The first-order chi connectivity index (χ1) is 10.0. The fraction of sp³-hybridized carbons (Fsp3) is 0.400. The van der Waals surface area contributed by atoms with E-state index < -0.39 is 0 Å². The van der Waals surface area contributed by atoms with Crippen molar-refractivity contribution < 1.29 is 19.1 Å². The van der Waals surface area contributed by atoms with Crippen LogP contribution in [-0.2, 0) is 9.59 Å². The molecule has 1 saturated heterocycles. The van der Waals surface area contributed by atoms with E-state index >= 15 is 0 Å². The van der Waals surface area contributed by atoms with Gasteiger partial charge in [-0.15, -0.1) is 0 Å². The van der Waals surface area contributed by atoms with Crippen LogP contribution in [0, 0.1) is 0 Å². The number of benzene rings is 1. The van der Waals surface area contributed by atoms with Gasteiger partial charge in [0.25, 0.3) is 5.91 Å². The first kappa shape index (κ1) is 15.0. The molecule has 0 spiro atoms. The SMILES string of the molecule is COc1cccc(C(=O)N2CCN(CC(C)=O)C(=O)C2)c1. The van der Waals surface area contributed by atoms with Crippen LogP contribution in [0.3, 0.4) is 0 Å². The highest BCUT2D eigenvalue weighted by Gasteiger charge is 2.28. The molecule has 1 fully saturated rings. The van der Waals surface area contributed by atoms with Crippen molar-refractivity contribution in [1.29, 1.82) is 0 Å². The molecule has 1 aromatic carbocycles. The van der Waals surface area contributed by atoms with E-state index in [-0.39, 0.29) is 30.7 Å². The third kappa shape index (κ3) is 3.59. The van der Waals surface area contributed by atoms with Gasteiger partial charge in [-0.25, -0.2) is 0 Å². The number of ketones is 1. The van der Waals surface area contributed by atoms with E-state index in [4.69, 9.17) is 4.74 Å². The molecule has 112 valence electrons. The van der Waals surface area contributed by atoms with Crippen LogP contribution in [0.4, 0.5) is 0 Å². The van der Waals surface area contributed by atoms with Crippen LogP contribution in [0.5, 0.6) is 5.75 Å². The number of rotatable bonds is 4. The van der Waals surface area contributed by atoms with Gasteiger partial charge < -0.3 is 14.5 Å². The van der Waals surface area contributed by atoms with Gasteiger partial charge in [-0.05, 0) is 25.1 Å². The van der Waals surface area contributed by atoms with Crippen LogP contribution in [0.15, 0.2) is 24.3 Å². The average molecular weight is 290 g/mol. The third-order valence-electron chi connectivity index (χ3n) is 3.34. The van der Waals surface area contributed by atoms with Gasteiger partial charge in [0, 0.05) is 18.7 Å². The summed E-state index contributed by atoms with van der Waals surface area (Å²) in [7, 11) is 1.54. The number of piperazine rings is 1. The van der Waals surface area contributed by atoms with Crippen LogP contribution in [-0.4, -0.2) is 60.7 Å². The van der Waals surface area contributed by atoms with Crippen LogP contribution >= 0.6 is 0 Å². The summed E-state index contributed by atoms with van der Waals surface area (Å²) in [6.45, 7) is 2.37. The van der Waals surface area contributed by atoms with E-state index in [1.807, 2.05) is 0 Å². The van der Waals surface area contributed by atoms with Crippen molar-refractivity contribution in [2.75, 3.05) is 33.3 Å². The van der Waals surface area contributed by atoms with Crippen molar-refractivity contribution in [3.05, 3.63) is 29.8 Å². The van der Waals surface area contributed by atoms with Crippen molar-refractivity contribution >= 4 is 17.6 Å². The number of methoxy groups -OCH3 is 1. The standard InChI is InChI=1S/C15H18N2O4/c1-11(18)9-16-6-7-17(10-14(16)19)15(20)12-4-3-5-13(8-12)21-2/h3-5,8H,6-7,9-10H2,1-2H3. The Morgan fingerprint density at radius 1 is 1.29 bits per heavy atom. The lowest BCUT2D eigenvalue weighted by Crippen LogP contribution is -2.53. The molecule has 0 unspecified atom stereocenters. The van der Waals surface area contributed by atoms with E-state index in [1.165, 1.54) is 23.8 Å². The van der Waals surface area contributed by atoms with E-state index in [9.17, 15) is 14.4 Å². The molecule has 1 aliphatic heterocycles. The van der Waals surface area contributed by atoms with Crippen LogP contribution in [0.2, 0.25) is 0 Å². The molecule has 0 atom stereocenters. The van der Waals surface area contributed by atoms with Gasteiger partial charge in [0.15, 0.2) is 0 Å². The van der Waals surface area contributed by atoms with Gasteiger partial charge in [-0.1, -0.05) is 6.07 Å². The minimum absolute atomic E-state index is 0.00330. The molecule has 0 aromatic heterocycles. The Labute approximate surface area is 123 Å². The highest BCUT2D eigenvalue weighted by atomic mass is 16.5. The van der Waals surface area contributed by atoms with Gasteiger partial charge in [0.1, 0.15) is 18.1 Å². The zero-order valence-electron chi connectivity index (χ0n) is 12.2. The van der Waals surface area contributed by atoms with Gasteiger partial charge in [-0.2, -0.15) is 0 Å². The summed E-state index contributed by atoms with van der Waals surface area (Å²) in [6.07, 6.45) is 0. The van der Waals surface area contributed by atoms with Gasteiger partial charge >= 0.3 is 0 Å². The molecule has 2 rings (SSSR count). The van der Waals surface area contributed by atoms with Crippen molar-refractivity contribution in [2.45, 2.75) is 6.92 Å². The molecule has 1 aliphatic rings. The Morgan fingerprint density at radius 3 is 2.67 bits per heavy atom. The molecule has 1 heterocycles. The Kier molecular flexibility index (Phi) is 4.57. The van der Waals surface area contributed by atoms with Crippen molar-refractivity contribution in [2.24, 2.45) is 0 Å². The van der Waals surface area contributed by atoms with E-state index in [2.05, 4.69) is 0 Å². The van der Waals surface area contributed by atoms with Gasteiger partial charge in [0.2, 0.25) is 5.91 Å². The van der Waals surface area contributed by atoms with E-state index in [0.717, 1.165) is 0 Å². The lowest BCUT2D eigenvalue weighted by molar-refractivity contribution is -0.138. The van der Waals surface area contributed by atoms with Crippen LogP contribution in [0.25, 0.3) is 0 Å². The number of hydrogen-bond acceptors (Lipinski definition) is 4. The Bertz CT molecular complexity index is 571. The number of amides is 2. The normalized spacial score (nSPS) is 15.0. The summed E-state index contributed by atoms with van der Waals surface area (Å²) in [4.78, 5) is 38.4. The second-order valence-corrected chi connectivity index (χ2v) is 4.98. The zero-order chi connectivity index (χ0) is 15.4. The molecule has 0 bridgehead atoms. The summed E-state index contributed by atoms with van der Waals surface area (Å²) in [5.41, 5.74) is 0.488. The predicted octanol–water partition coefficient (Wildman–Crippen LogP) is 0.569. The lowest BCUT2D eigenvalue weighted by atomic mass is 10.1. The number of ether oxygens (including phenoxy) is 1. The predicted molar refractivity (Wildman–Crippen MR) is 76.2 cm³/mol. The number of hydrogen-bond donors (Lipinski definition) is 0. The maximum atomic E-state index is 12.4. The molecule has 0 radical (unpaired) electrons. The number of nitrogens with zero attached hydrogens (tertiary/aromatic N) is 2. The molecular weight excluding hydrogens is 272 g/mol. The molecule has 1 aromatic rings. The van der Waals surface area contributed by atoms with E-state index in [1.54, 1.807) is 24.3 Å².